The number of carbonyl (C=O) groups excluding carboxylic acids is 1. The summed E-state index contributed by atoms with van der Waals surface area (Å²) in [7, 11) is 1.96. The molecule has 0 spiro atoms. The van der Waals surface area contributed by atoms with Crippen LogP contribution in [0.15, 0.2) is 12.3 Å². The van der Waals surface area contributed by atoms with Crippen LogP contribution in [0.5, 0.6) is 0 Å². The van der Waals surface area contributed by atoms with Crippen molar-refractivity contribution >= 4 is 17.4 Å². The molecule has 7 nitrogen and oxygen atoms in total. The van der Waals surface area contributed by atoms with E-state index in [4.69, 9.17) is 4.98 Å². The predicted octanol–water partition coefficient (Wildman–Crippen LogP) is 0.475. The van der Waals surface area contributed by atoms with E-state index in [1.807, 2.05) is 28.7 Å². The summed E-state index contributed by atoms with van der Waals surface area (Å²) >= 11 is 0. The van der Waals surface area contributed by atoms with Crippen LogP contribution in [0.1, 0.15) is 24.1 Å². The predicted molar refractivity (Wildman–Crippen MR) is 94.8 cm³/mol. The number of nitrogens with zero attached hydrogens (tertiary/aromatic N) is 5. The summed E-state index contributed by atoms with van der Waals surface area (Å²) in [6.45, 7) is 3.51. The Morgan fingerprint density at radius 1 is 1.28 bits per heavy atom. The van der Waals surface area contributed by atoms with Gasteiger partial charge < -0.3 is 15.1 Å². The number of amides is 1. The van der Waals surface area contributed by atoms with Gasteiger partial charge in [-0.1, -0.05) is 0 Å². The number of anilines is 1. The largest absolute Gasteiger partial charge is 0.354 e. The van der Waals surface area contributed by atoms with Crippen LogP contribution in [0.4, 0.5) is 5.82 Å². The molecule has 2 aliphatic heterocycles. The SMILES string of the molecule is CN(C(=O)C1CN(c2c3c(nc4ccnn24)CCNCC3)C1)C1CC1. The summed E-state index contributed by atoms with van der Waals surface area (Å²) in [5, 5.41) is 7.96. The zero-order valence-electron chi connectivity index (χ0n) is 14.6. The molecule has 2 aromatic rings. The summed E-state index contributed by atoms with van der Waals surface area (Å²) in [6.07, 6.45) is 6.05. The van der Waals surface area contributed by atoms with Crippen LogP contribution in [0.3, 0.4) is 0 Å². The number of aromatic nitrogens is 3. The van der Waals surface area contributed by atoms with Crippen molar-refractivity contribution in [3.63, 3.8) is 0 Å². The zero-order chi connectivity index (χ0) is 17.0. The first-order chi connectivity index (χ1) is 12.2. The molecule has 2 aromatic heterocycles. The van der Waals surface area contributed by atoms with E-state index in [9.17, 15) is 4.79 Å². The highest BCUT2D eigenvalue weighted by atomic mass is 16.2. The molecule has 2 fully saturated rings. The van der Waals surface area contributed by atoms with E-state index in [1.165, 1.54) is 11.3 Å². The minimum atomic E-state index is 0.115. The summed E-state index contributed by atoms with van der Waals surface area (Å²) in [6, 6.07) is 2.45. The molecule has 4 heterocycles. The second kappa shape index (κ2) is 5.69. The smallest absolute Gasteiger partial charge is 0.229 e. The van der Waals surface area contributed by atoms with Gasteiger partial charge in [0.05, 0.1) is 17.8 Å². The first-order valence-corrected chi connectivity index (χ1v) is 9.30. The Morgan fingerprint density at radius 3 is 2.88 bits per heavy atom. The van der Waals surface area contributed by atoms with Gasteiger partial charge in [0.1, 0.15) is 5.82 Å². The van der Waals surface area contributed by atoms with E-state index in [2.05, 4.69) is 15.3 Å². The molecule has 0 unspecified atom stereocenters. The fourth-order valence-corrected chi connectivity index (χ4v) is 4.08. The summed E-state index contributed by atoms with van der Waals surface area (Å²) in [5.74, 6) is 1.56. The summed E-state index contributed by atoms with van der Waals surface area (Å²) in [4.78, 5) is 21.7. The van der Waals surface area contributed by atoms with Gasteiger partial charge in [-0.15, -0.1) is 0 Å². The lowest BCUT2D eigenvalue weighted by molar-refractivity contribution is -0.135. The highest BCUT2D eigenvalue weighted by molar-refractivity contribution is 5.82. The number of hydrogen-bond acceptors (Lipinski definition) is 5. The number of carbonyl (C=O) groups is 1. The van der Waals surface area contributed by atoms with Crippen LogP contribution >= 0.6 is 0 Å². The van der Waals surface area contributed by atoms with Crippen molar-refractivity contribution in [2.75, 3.05) is 38.1 Å². The second-order valence-electron chi connectivity index (χ2n) is 7.49. The standard InChI is InChI=1S/C18H24N6O/c1-22(13-2-3-13)18(25)12-10-23(11-12)17-14-4-7-19-8-5-15(14)21-16-6-9-20-24(16)17/h6,9,12-13,19H,2-5,7-8,10-11H2,1H3. The molecule has 0 bridgehead atoms. The van der Waals surface area contributed by atoms with Gasteiger partial charge in [-0.2, -0.15) is 9.61 Å². The van der Waals surface area contributed by atoms with Gasteiger partial charge in [0.2, 0.25) is 5.91 Å². The zero-order valence-corrected chi connectivity index (χ0v) is 14.6. The fourth-order valence-electron chi connectivity index (χ4n) is 4.08. The topological polar surface area (TPSA) is 65.8 Å². The molecule has 1 aliphatic carbocycles. The summed E-state index contributed by atoms with van der Waals surface area (Å²) < 4.78 is 1.95. The molecular weight excluding hydrogens is 316 g/mol. The fraction of sp³-hybridized carbons (Fsp3) is 0.611. The highest BCUT2D eigenvalue weighted by Gasteiger charge is 2.40. The first kappa shape index (κ1) is 15.1. The highest BCUT2D eigenvalue weighted by Crippen LogP contribution is 2.33. The monoisotopic (exact) mass is 340 g/mol. The maximum Gasteiger partial charge on any atom is 0.229 e. The quantitative estimate of drug-likeness (QED) is 0.880. The van der Waals surface area contributed by atoms with Gasteiger partial charge in [-0.3, -0.25) is 4.79 Å². The molecule has 5 rings (SSSR count). The Bertz CT molecular complexity index is 820. The molecular formula is C18H24N6O. The van der Waals surface area contributed by atoms with Crippen molar-refractivity contribution in [1.82, 2.24) is 24.8 Å². The Hall–Kier alpha value is -2.15. The molecule has 25 heavy (non-hydrogen) atoms. The van der Waals surface area contributed by atoms with Gasteiger partial charge in [0.25, 0.3) is 0 Å². The van der Waals surface area contributed by atoms with E-state index in [1.54, 1.807) is 0 Å². The minimum absolute atomic E-state index is 0.115. The van der Waals surface area contributed by atoms with Crippen LogP contribution < -0.4 is 10.2 Å². The number of fused-ring (bicyclic) bond motifs is 2. The molecule has 0 atom stereocenters. The number of rotatable bonds is 3. The third-order valence-electron chi connectivity index (χ3n) is 5.75. The lowest BCUT2D eigenvalue weighted by atomic mass is 9.96. The molecule has 1 N–H and O–H groups in total. The van der Waals surface area contributed by atoms with Crippen molar-refractivity contribution in [2.24, 2.45) is 5.92 Å². The Kier molecular flexibility index (Phi) is 3.45. The maximum atomic E-state index is 12.6. The lowest BCUT2D eigenvalue weighted by Crippen LogP contribution is -2.55. The van der Waals surface area contributed by atoms with Gasteiger partial charge in [0, 0.05) is 50.8 Å². The average Bonchev–Trinajstić information content (AvgIpc) is 3.35. The van der Waals surface area contributed by atoms with E-state index in [0.717, 1.165) is 63.3 Å². The summed E-state index contributed by atoms with van der Waals surface area (Å²) in [5.41, 5.74) is 3.38. The molecule has 7 heteroatoms. The van der Waals surface area contributed by atoms with Gasteiger partial charge in [0.15, 0.2) is 5.65 Å². The van der Waals surface area contributed by atoms with Crippen molar-refractivity contribution in [2.45, 2.75) is 31.7 Å². The van der Waals surface area contributed by atoms with E-state index in [-0.39, 0.29) is 5.92 Å². The van der Waals surface area contributed by atoms with Crippen molar-refractivity contribution < 1.29 is 4.79 Å². The van der Waals surface area contributed by atoms with E-state index in [0.29, 0.717) is 11.9 Å². The Balaban J connectivity index is 1.44. The normalized spacial score (nSPS) is 20.9. The van der Waals surface area contributed by atoms with Gasteiger partial charge in [-0.05, 0) is 25.8 Å². The van der Waals surface area contributed by atoms with Crippen LogP contribution in [0.2, 0.25) is 0 Å². The number of nitrogens with one attached hydrogen (secondary N) is 1. The van der Waals surface area contributed by atoms with Crippen molar-refractivity contribution in [3.05, 3.63) is 23.5 Å². The van der Waals surface area contributed by atoms with Gasteiger partial charge in [-0.25, -0.2) is 4.98 Å². The average molecular weight is 340 g/mol. The molecule has 0 aromatic carbocycles. The van der Waals surface area contributed by atoms with Gasteiger partial charge >= 0.3 is 0 Å². The molecule has 1 saturated carbocycles. The minimum Gasteiger partial charge on any atom is -0.354 e. The van der Waals surface area contributed by atoms with Crippen molar-refractivity contribution in [1.29, 1.82) is 0 Å². The maximum absolute atomic E-state index is 12.6. The number of hydrogen-bond donors (Lipinski definition) is 1. The van der Waals surface area contributed by atoms with Crippen LogP contribution in [0.25, 0.3) is 5.65 Å². The van der Waals surface area contributed by atoms with Crippen LogP contribution in [-0.4, -0.2) is 64.7 Å². The second-order valence-corrected chi connectivity index (χ2v) is 7.49. The van der Waals surface area contributed by atoms with Crippen LogP contribution in [-0.2, 0) is 17.6 Å². The molecule has 1 amide bonds. The first-order valence-electron chi connectivity index (χ1n) is 9.30. The van der Waals surface area contributed by atoms with E-state index < -0.39 is 0 Å². The van der Waals surface area contributed by atoms with E-state index >= 15 is 0 Å². The molecule has 1 saturated heterocycles. The molecule has 3 aliphatic rings. The Morgan fingerprint density at radius 2 is 2.08 bits per heavy atom. The third kappa shape index (κ3) is 2.49. The van der Waals surface area contributed by atoms with Crippen LogP contribution in [0, 0.1) is 5.92 Å². The lowest BCUT2D eigenvalue weighted by Gasteiger charge is -2.42. The molecule has 132 valence electrons. The third-order valence-corrected chi connectivity index (χ3v) is 5.75. The molecule has 0 radical (unpaired) electrons. The Labute approximate surface area is 147 Å². The van der Waals surface area contributed by atoms with Crippen molar-refractivity contribution in [3.8, 4) is 0 Å².